The second-order valence-electron chi connectivity index (χ2n) is 6.61. The van der Waals surface area contributed by atoms with E-state index in [1.807, 2.05) is 0 Å². The molecule has 1 aliphatic carbocycles. The predicted octanol–water partition coefficient (Wildman–Crippen LogP) is 2.74. The van der Waals surface area contributed by atoms with Gasteiger partial charge in [0.15, 0.2) is 0 Å². The van der Waals surface area contributed by atoms with Crippen LogP contribution in [0.5, 0.6) is 5.75 Å². The van der Waals surface area contributed by atoms with E-state index in [1.165, 1.54) is 31.7 Å². The number of carboxylic acids is 1. The van der Waals surface area contributed by atoms with Crippen LogP contribution in [0, 0.1) is 0 Å². The summed E-state index contributed by atoms with van der Waals surface area (Å²) in [7, 11) is 1.37. The van der Waals surface area contributed by atoms with Gasteiger partial charge in [0.1, 0.15) is 11.3 Å². The van der Waals surface area contributed by atoms with Gasteiger partial charge in [0.05, 0.1) is 7.11 Å². The van der Waals surface area contributed by atoms with E-state index >= 15 is 0 Å². The number of aromatic carboxylic acids is 1. The van der Waals surface area contributed by atoms with Crippen molar-refractivity contribution in [2.45, 2.75) is 51.0 Å². The molecule has 8 nitrogen and oxygen atoms in total. The standard InChI is InChI=1S/C19H27N3O5/c1-27-16-12-14(9-10-15(16)18(24)25)21-17(23)8-5-11-20-19(26)22-13-6-3-2-4-7-13/h9-10,12-13H,2-8,11H2,1H3,(H,21,23)(H,24,25)(H2,20,22,26). The monoisotopic (exact) mass is 377 g/mol. The van der Waals surface area contributed by atoms with Crippen LogP contribution in [0.4, 0.5) is 10.5 Å². The van der Waals surface area contributed by atoms with Crippen LogP contribution in [0.25, 0.3) is 0 Å². The van der Waals surface area contributed by atoms with Crippen molar-refractivity contribution in [2.24, 2.45) is 0 Å². The van der Waals surface area contributed by atoms with Crippen molar-refractivity contribution in [1.82, 2.24) is 10.6 Å². The minimum absolute atomic E-state index is 0.0312. The van der Waals surface area contributed by atoms with E-state index in [2.05, 4.69) is 16.0 Å². The van der Waals surface area contributed by atoms with Crippen molar-refractivity contribution in [1.29, 1.82) is 0 Å². The normalized spacial score (nSPS) is 14.3. The van der Waals surface area contributed by atoms with Gasteiger partial charge in [-0.2, -0.15) is 0 Å². The van der Waals surface area contributed by atoms with Crippen LogP contribution in [-0.2, 0) is 4.79 Å². The second kappa shape index (κ2) is 10.4. The number of carboxylic acid groups (broad SMARTS) is 1. The van der Waals surface area contributed by atoms with Crippen molar-refractivity contribution in [3.8, 4) is 5.75 Å². The molecule has 3 amide bonds. The molecule has 8 heteroatoms. The first-order valence-electron chi connectivity index (χ1n) is 9.25. The number of ether oxygens (including phenoxy) is 1. The number of benzene rings is 1. The summed E-state index contributed by atoms with van der Waals surface area (Å²) in [5, 5.41) is 17.5. The van der Waals surface area contributed by atoms with Gasteiger partial charge in [0.25, 0.3) is 0 Å². The van der Waals surface area contributed by atoms with Gasteiger partial charge in [-0.3, -0.25) is 4.79 Å². The Kier molecular flexibility index (Phi) is 7.91. The molecular formula is C19H27N3O5. The molecule has 1 saturated carbocycles. The predicted molar refractivity (Wildman–Crippen MR) is 101 cm³/mol. The van der Waals surface area contributed by atoms with Crippen molar-refractivity contribution >= 4 is 23.6 Å². The maximum Gasteiger partial charge on any atom is 0.339 e. The van der Waals surface area contributed by atoms with Gasteiger partial charge in [-0.25, -0.2) is 9.59 Å². The Balaban J connectivity index is 1.68. The summed E-state index contributed by atoms with van der Waals surface area (Å²) in [6, 6.07) is 4.44. The zero-order valence-corrected chi connectivity index (χ0v) is 15.5. The molecule has 0 heterocycles. The zero-order valence-electron chi connectivity index (χ0n) is 15.5. The maximum absolute atomic E-state index is 12.0. The summed E-state index contributed by atoms with van der Waals surface area (Å²) in [5.41, 5.74) is 0.494. The fourth-order valence-electron chi connectivity index (χ4n) is 3.10. The van der Waals surface area contributed by atoms with Gasteiger partial charge in [-0.15, -0.1) is 0 Å². The fraction of sp³-hybridized carbons (Fsp3) is 0.526. The molecule has 0 aromatic heterocycles. The minimum atomic E-state index is -1.10. The SMILES string of the molecule is COc1cc(NC(=O)CCCNC(=O)NC2CCCCC2)ccc1C(=O)O. The van der Waals surface area contributed by atoms with Crippen LogP contribution >= 0.6 is 0 Å². The number of hydrogen-bond acceptors (Lipinski definition) is 4. The van der Waals surface area contributed by atoms with Gasteiger partial charge in [0.2, 0.25) is 5.91 Å². The van der Waals surface area contributed by atoms with Crippen molar-refractivity contribution in [3.05, 3.63) is 23.8 Å². The topological polar surface area (TPSA) is 117 Å². The highest BCUT2D eigenvalue weighted by Gasteiger charge is 2.15. The molecule has 148 valence electrons. The highest BCUT2D eigenvalue weighted by Crippen LogP contribution is 2.23. The van der Waals surface area contributed by atoms with Crippen LogP contribution in [-0.4, -0.2) is 42.7 Å². The summed E-state index contributed by atoms with van der Waals surface area (Å²) in [4.78, 5) is 34.9. The molecular weight excluding hydrogens is 350 g/mol. The number of urea groups is 1. The van der Waals surface area contributed by atoms with Crippen molar-refractivity contribution in [3.63, 3.8) is 0 Å². The van der Waals surface area contributed by atoms with Crippen LogP contribution in [0.1, 0.15) is 55.3 Å². The highest BCUT2D eigenvalue weighted by molar-refractivity contribution is 5.94. The lowest BCUT2D eigenvalue weighted by Crippen LogP contribution is -2.43. The Labute approximate surface area is 158 Å². The van der Waals surface area contributed by atoms with Gasteiger partial charge in [-0.05, 0) is 31.4 Å². The Morgan fingerprint density at radius 3 is 2.59 bits per heavy atom. The smallest absolute Gasteiger partial charge is 0.339 e. The Bertz CT molecular complexity index is 671. The number of methoxy groups -OCH3 is 1. The van der Waals surface area contributed by atoms with Crippen molar-refractivity contribution < 1.29 is 24.2 Å². The van der Waals surface area contributed by atoms with Crippen LogP contribution in [0.15, 0.2) is 18.2 Å². The lowest BCUT2D eigenvalue weighted by Gasteiger charge is -2.22. The first-order valence-corrected chi connectivity index (χ1v) is 9.25. The minimum Gasteiger partial charge on any atom is -0.496 e. The Morgan fingerprint density at radius 1 is 1.19 bits per heavy atom. The second-order valence-corrected chi connectivity index (χ2v) is 6.61. The Morgan fingerprint density at radius 2 is 1.93 bits per heavy atom. The summed E-state index contributed by atoms with van der Waals surface area (Å²) in [6.07, 6.45) is 6.35. The van der Waals surface area contributed by atoms with E-state index in [1.54, 1.807) is 0 Å². The number of nitrogens with one attached hydrogen (secondary N) is 3. The van der Waals surface area contributed by atoms with E-state index < -0.39 is 5.97 Å². The van der Waals surface area contributed by atoms with Gasteiger partial charge < -0.3 is 25.8 Å². The molecule has 0 atom stereocenters. The molecule has 0 bridgehead atoms. The number of hydrogen-bond donors (Lipinski definition) is 4. The van der Waals surface area contributed by atoms with E-state index in [-0.39, 0.29) is 35.7 Å². The van der Waals surface area contributed by atoms with Gasteiger partial charge in [-0.1, -0.05) is 19.3 Å². The molecule has 0 saturated heterocycles. The lowest BCUT2D eigenvalue weighted by atomic mass is 9.96. The van der Waals surface area contributed by atoms with Crippen LogP contribution < -0.4 is 20.7 Å². The first-order chi connectivity index (χ1) is 13.0. The molecule has 4 N–H and O–H groups in total. The highest BCUT2D eigenvalue weighted by atomic mass is 16.5. The molecule has 1 fully saturated rings. The largest absolute Gasteiger partial charge is 0.496 e. The maximum atomic E-state index is 12.0. The third-order valence-corrected chi connectivity index (χ3v) is 4.52. The summed E-state index contributed by atoms with van der Waals surface area (Å²) in [5.74, 6) is -1.13. The molecule has 27 heavy (non-hydrogen) atoms. The average molecular weight is 377 g/mol. The lowest BCUT2D eigenvalue weighted by molar-refractivity contribution is -0.116. The van der Waals surface area contributed by atoms with E-state index in [0.29, 0.717) is 18.7 Å². The molecule has 0 radical (unpaired) electrons. The summed E-state index contributed by atoms with van der Waals surface area (Å²) >= 11 is 0. The summed E-state index contributed by atoms with van der Waals surface area (Å²) < 4.78 is 5.03. The zero-order chi connectivity index (χ0) is 19.6. The number of carbonyl (C=O) groups is 3. The third kappa shape index (κ3) is 6.80. The molecule has 1 aromatic carbocycles. The van der Waals surface area contributed by atoms with E-state index in [0.717, 1.165) is 25.7 Å². The van der Waals surface area contributed by atoms with Crippen molar-refractivity contribution in [2.75, 3.05) is 19.0 Å². The molecule has 0 aliphatic heterocycles. The first kappa shape index (κ1) is 20.5. The molecule has 1 aromatic rings. The summed E-state index contributed by atoms with van der Waals surface area (Å²) in [6.45, 7) is 0.410. The molecule has 0 unspecified atom stereocenters. The number of carbonyl (C=O) groups excluding carboxylic acids is 2. The van der Waals surface area contributed by atoms with Gasteiger partial charge in [0, 0.05) is 30.8 Å². The van der Waals surface area contributed by atoms with E-state index in [9.17, 15) is 14.4 Å². The molecule has 1 aliphatic rings. The van der Waals surface area contributed by atoms with Gasteiger partial charge >= 0.3 is 12.0 Å². The van der Waals surface area contributed by atoms with E-state index in [4.69, 9.17) is 9.84 Å². The number of amides is 3. The van der Waals surface area contributed by atoms with Crippen LogP contribution in [0.3, 0.4) is 0 Å². The fourth-order valence-corrected chi connectivity index (χ4v) is 3.10. The molecule has 0 spiro atoms. The quantitative estimate of drug-likeness (QED) is 0.520. The number of anilines is 1. The number of rotatable bonds is 8. The average Bonchev–Trinajstić information content (AvgIpc) is 2.65. The Hall–Kier alpha value is -2.77. The third-order valence-electron chi connectivity index (χ3n) is 4.52. The van der Waals surface area contributed by atoms with Crippen LogP contribution in [0.2, 0.25) is 0 Å². The molecule has 2 rings (SSSR count).